The number of unbranched alkanes of at least 4 members (excludes halogenated alkanes) is 48. The van der Waals surface area contributed by atoms with Crippen molar-refractivity contribution in [3.05, 3.63) is 12.2 Å². The highest BCUT2D eigenvalue weighted by Gasteiger charge is 2.19. The van der Waals surface area contributed by atoms with E-state index in [0.717, 1.165) is 64.2 Å². The van der Waals surface area contributed by atoms with Crippen LogP contribution in [0.3, 0.4) is 0 Å². The van der Waals surface area contributed by atoms with Crippen molar-refractivity contribution in [1.29, 1.82) is 0 Å². The molecule has 0 aliphatic carbocycles. The zero-order valence-corrected chi connectivity index (χ0v) is 49.0. The summed E-state index contributed by atoms with van der Waals surface area (Å²) in [6.07, 6.45) is 72.3. The summed E-state index contributed by atoms with van der Waals surface area (Å²) in [5.41, 5.74) is 0. The van der Waals surface area contributed by atoms with E-state index in [9.17, 15) is 14.4 Å². The van der Waals surface area contributed by atoms with E-state index < -0.39 is 6.10 Å². The number of carbonyl (C=O) groups is 3. The first-order valence-electron chi connectivity index (χ1n) is 32.7. The molecule has 0 amide bonds. The van der Waals surface area contributed by atoms with Crippen LogP contribution in [0.5, 0.6) is 0 Å². The summed E-state index contributed by atoms with van der Waals surface area (Å²) >= 11 is 0. The molecule has 426 valence electrons. The van der Waals surface area contributed by atoms with Gasteiger partial charge in [0.1, 0.15) is 13.2 Å². The van der Waals surface area contributed by atoms with Crippen LogP contribution in [-0.2, 0) is 28.6 Å². The molecule has 0 aliphatic rings. The van der Waals surface area contributed by atoms with E-state index in [-0.39, 0.29) is 31.1 Å². The van der Waals surface area contributed by atoms with Crippen LogP contribution in [0, 0.1) is 0 Å². The van der Waals surface area contributed by atoms with Crippen molar-refractivity contribution >= 4 is 17.9 Å². The van der Waals surface area contributed by atoms with Gasteiger partial charge in [-0.05, 0) is 44.9 Å². The first kappa shape index (κ1) is 70.1. The fourth-order valence-corrected chi connectivity index (χ4v) is 10.1. The molecule has 1 unspecified atom stereocenters. The molecular formula is C66H126O6. The number of ether oxygens (including phenoxy) is 3. The van der Waals surface area contributed by atoms with Gasteiger partial charge in [0.05, 0.1) is 0 Å². The topological polar surface area (TPSA) is 78.9 Å². The lowest BCUT2D eigenvalue weighted by Crippen LogP contribution is -2.30. The summed E-state index contributed by atoms with van der Waals surface area (Å²) < 4.78 is 16.9. The third-order valence-corrected chi connectivity index (χ3v) is 15.0. The van der Waals surface area contributed by atoms with Gasteiger partial charge in [0, 0.05) is 19.3 Å². The summed E-state index contributed by atoms with van der Waals surface area (Å²) in [6.45, 7) is 6.70. The van der Waals surface area contributed by atoms with Crippen molar-refractivity contribution in [2.75, 3.05) is 13.2 Å². The Labute approximate surface area is 450 Å². The second-order valence-electron chi connectivity index (χ2n) is 22.4. The van der Waals surface area contributed by atoms with E-state index in [0.29, 0.717) is 19.3 Å². The lowest BCUT2D eigenvalue weighted by Gasteiger charge is -2.18. The van der Waals surface area contributed by atoms with Gasteiger partial charge in [-0.25, -0.2) is 0 Å². The number of hydrogen-bond acceptors (Lipinski definition) is 6. The van der Waals surface area contributed by atoms with E-state index in [4.69, 9.17) is 14.2 Å². The molecule has 0 rings (SSSR count). The average molecular weight is 1020 g/mol. The summed E-state index contributed by atoms with van der Waals surface area (Å²) in [5, 5.41) is 0. The average Bonchev–Trinajstić information content (AvgIpc) is 3.38. The molecule has 0 aliphatic heterocycles. The largest absolute Gasteiger partial charge is 0.462 e. The van der Waals surface area contributed by atoms with Crippen molar-refractivity contribution in [2.45, 2.75) is 380 Å². The third kappa shape index (κ3) is 59.0. The molecule has 0 heterocycles. The summed E-state index contributed by atoms with van der Waals surface area (Å²) in [7, 11) is 0. The van der Waals surface area contributed by atoms with Crippen LogP contribution in [0.4, 0.5) is 0 Å². The maximum absolute atomic E-state index is 12.9. The zero-order chi connectivity index (χ0) is 52.2. The van der Waals surface area contributed by atoms with Crippen LogP contribution in [0.25, 0.3) is 0 Å². The maximum Gasteiger partial charge on any atom is 0.306 e. The lowest BCUT2D eigenvalue weighted by atomic mass is 10.0. The van der Waals surface area contributed by atoms with E-state index >= 15 is 0 Å². The number of rotatable bonds is 61. The Kier molecular flexibility index (Phi) is 60.1. The van der Waals surface area contributed by atoms with Crippen LogP contribution < -0.4 is 0 Å². The molecule has 0 aromatic rings. The molecule has 72 heavy (non-hydrogen) atoms. The summed E-state index contributed by atoms with van der Waals surface area (Å²) in [5.74, 6) is -0.846. The summed E-state index contributed by atoms with van der Waals surface area (Å²) in [4.78, 5) is 38.3. The van der Waals surface area contributed by atoms with Gasteiger partial charge in [-0.2, -0.15) is 0 Å². The lowest BCUT2D eigenvalue weighted by molar-refractivity contribution is -0.167. The molecule has 0 saturated heterocycles. The van der Waals surface area contributed by atoms with Crippen LogP contribution in [0.2, 0.25) is 0 Å². The van der Waals surface area contributed by atoms with Gasteiger partial charge in [-0.15, -0.1) is 0 Å². The van der Waals surface area contributed by atoms with Crippen molar-refractivity contribution in [2.24, 2.45) is 0 Å². The molecule has 0 aromatic carbocycles. The Bertz CT molecular complexity index is 1120. The molecule has 0 spiro atoms. The summed E-state index contributed by atoms with van der Waals surface area (Å²) in [6, 6.07) is 0. The quantitative estimate of drug-likeness (QED) is 0.0261. The Hall–Kier alpha value is -1.85. The van der Waals surface area contributed by atoms with Crippen molar-refractivity contribution in [1.82, 2.24) is 0 Å². The Morgan fingerprint density at radius 1 is 0.264 bits per heavy atom. The Morgan fingerprint density at radius 3 is 0.694 bits per heavy atom. The SMILES string of the molecule is CCCCCCCCC/C=C\CCCCCCCC(=O)OC(COC(=O)CCCCCCCCCCCCCCC)COC(=O)CCCCCCCCCCCCCCCCCCCCCCCCCCC. The number of hydrogen-bond donors (Lipinski definition) is 0. The Balaban J connectivity index is 4.20. The standard InChI is InChI=1S/C66H126O6/c1-4-7-10-13-16-19-22-25-27-29-30-31-32-33-34-35-36-37-39-41-44-47-50-53-56-59-65(68)71-62-63(61-70-64(67)58-55-52-49-46-43-40-24-21-18-15-12-9-6-3)72-66(69)60-57-54-51-48-45-42-38-28-26-23-20-17-14-11-8-5-2/h28,38,63H,4-27,29-37,39-62H2,1-3H3/b38-28-. The van der Waals surface area contributed by atoms with E-state index in [1.807, 2.05) is 0 Å². The number of esters is 3. The molecular weight excluding hydrogens is 889 g/mol. The minimum Gasteiger partial charge on any atom is -0.462 e. The molecule has 0 saturated carbocycles. The second-order valence-corrected chi connectivity index (χ2v) is 22.4. The normalized spacial score (nSPS) is 12.0. The van der Waals surface area contributed by atoms with Crippen LogP contribution in [-0.4, -0.2) is 37.2 Å². The molecule has 6 nitrogen and oxygen atoms in total. The van der Waals surface area contributed by atoms with Crippen LogP contribution >= 0.6 is 0 Å². The van der Waals surface area contributed by atoms with Gasteiger partial charge >= 0.3 is 17.9 Å². The minimum absolute atomic E-state index is 0.0670. The first-order chi connectivity index (χ1) is 35.5. The molecule has 0 bridgehead atoms. The van der Waals surface area contributed by atoms with E-state index in [2.05, 4.69) is 32.9 Å². The van der Waals surface area contributed by atoms with E-state index in [1.165, 1.54) is 270 Å². The fourth-order valence-electron chi connectivity index (χ4n) is 10.1. The van der Waals surface area contributed by atoms with Gasteiger partial charge in [0.25, 0.3) is 0 Å². The number of allylic oxidation sites excluding steroid dienone is 2. The monoisotopic (exact) mass is 1010 g/mol. The molecule has 0 aromatic heterocycles. The Morgan fingerprint density at radius 2 is 0.458 bits per heavy atom. The molecule has 0 radical (unpaired) electrons. The van der Waals surface area contributed by atoms with Gasteiger partial charge in [0.15, 0.2) is 6.10 Å². The third-order valence-electron chi connectivity index (χ3n) is 15.0. The second kappa shape index (κ2) is 61.7. The highest BCUT2D eigenvalue weighted by atomic mass is 16.6. The van der Waals surface area contributed by atoms with E-state index in [1.54, 1.807) is 0 Å². The molecule has 0 fully saturated rings. The van der Waals surface area contributed by atoms with Gasteiger partial charge in [-0.1, -0.05) is 322 Å². The zero-order valence-electron chi connectivity index (χ0n) is 49.0. The predicted octanol–water partition coefficient (Wildman–Crippen LogP) is 22.1. The smallest absolute Gasteiger partial charge is 0.306 e. The minimum atomic E-state index is -0.769. The highest BCUT2D eigenvalue weighted by Crippen LogP contribution is 2.18. The molecule has 6 heteroatoms. The molecule has 0 N–H and O–H groups in total. The first-order valence-corrected chi connectivity index (χ1v) is 32.7. The number of carbonyl (C=O) groups excluding carboxylic acids is 3. The maximum atomic E-state index is 12.9. The van der Waals surface area contributed by atoms with Crippen molar-refractivity contribution in [3.8, 4) is 0 Å². The highest BCUT2D eigenvalue weighted by molar-refractivity contribution is 5.71. The van der Waals surface area contributed by atoms with Crippen molar-refractivity contribution < 1.29 is 28.6 Å². The van der Waals surface area contributed by atoms with Crippen molar-refractivity contribution in [3.63, 3.8) is 0 Å². The van der Waals surface area contributed by atoms with Crippen LogP contribution in [0.15, 0.2) is 12.2 Å². The van der Waals surface area contributed by atoms with Gasteiger partial charge < -0.3 is 14.2 Å². The fraction of sp³-hybridized carbons (Fsp3) is 0.924. The molecule has 1 atom stereocenters. The van der Waals surface area contributed by atoms with Gasteiger partial charge in [0.2, 0.25) is 0 Å². The van der Waals surface area contributed by atoms with Crippen LogP contribution in [0.1, 0.15) is 374 Å². The predicted molar refractivity (Wildman–Crippen MR) is 312 cm³/mol. The van der Waals surface area contributed by atoms with Gasteiger partial charge in [-0.3, -0.25) is 14.4 Å².